The molecule has 7 rings (SSSR count). The van der Waals surface area contributed by atoms with Crippen molar-refractivity contribution in [2.24, 2.45) is 5.92 Å². The van der Waals surface area contributed by atoms with Crippen molar-refractivity contribution in [1.82, 2.24) is 24.1 Å². The van der Waals surface area contributed by atoms with E-state index in [2.05, 4.69) is 16.0 Å². The lowest BCUT2D eigenvalue weighted by Crippen LogP contribution is -2.25. The van der Waals surface area contributed by atoms with Crippen LogP contribution in [0.3, 0.4) is 0 Å². The first-order chi connectivity index (χ1) is 22.0. The van der Waals surface area contributed by atoms with Gasteiger partial charge in [0.25, 0.3) is 5.56 Å². The number of sulfonamides is 1. The first kappa shape index (κ1) is 29.9. The summed E-state index contributed by atoms with van der Waals surface area (Å²) in [6.07, 6.45) is 4.48. The predicted octanol–water partition coefficient (Wildman–Crippen LogP) is 5.44. The van der Waals surface area contributed by atoms with Crippen molar-refractivity contribution in [3.8, 4) is 28.1 Å². The van der Waals surface area contributed by atoms with E-state index in [0.717, 1.165) is 46.3 Å². The van der Waals surface area contributed by atoms with E-state index in [1.54, 1.807) is 16.5 Å². The van der Waals surface area contributed by atoms with E-state index < -0.39 is 10.0 Å². The number of aryl methyl sites for hydroxylation is 2. The number of nitrogen functional groups attached to an aromatic ring is 1. The molecule has 1 aliphatic carbocycles. The molecule has 13 heteroatoms. The number of fused-ring (bicyclic) bond motifs is 2. The molecule has 1 atom stereocenters. The van der Waals surface area contributed by atoms with Gasteiger partial charge in [-0.1, -0.05) is 29.8 Å². The van der Waals surface area contributed by atoms with Gasteiger partial charge in [0, 0.05) is 23.7 Å². The number of hydrogen-bond acceptors (Lipinski definition) is 9. The van der Waals surface area contributed by atoms with E-state index in [-0.39, 0.29) is 23.3 Å². The number of hydrogen-bond donors (Lipinski definition) is 1. The molecule has 2 N–H and O–H groups in total. The number of nitrogens with two attached hydrogens (primary N) is 1. The maximum absolute atomic E-state index is 14.3. The lowest BCUT2D eigenvalue weighted by molar-refractivity contribution is 0.416. The molecule has 46 heavy (non-hydrogen) atoms. The highest BCUT2D eigenvalue weighted by atomic mass is 32.2. The molecule has 1 saturated carbocycles. The fraction of sp³-hybridized carbons (Fsp3) is 0.273. The summed E-state index contributed by atoms with van der Waals surface area (Å²) in [7, 11) is -0.627. The average Bonchev–Trinajstić information content (AvgIpc) is 3.68. The van der Waals surface area contributed by atoms with Crippen LogP contribution in [0, 0.1) is 19.8 Å². The van der Waals surface area contributed by atoms with Gasteiger partial charge in [-0.15, -0.1) is 11.3 Å². The minimum atomic E-state index is -3.59. The van der Waals surface area contributed by atoms with Crippen LogP contribution in [-0.4, -0.2) is 53.0 Å². The highest BCUT2D eigenvalue weighted by Crippen LogP contribution is 2.48. The Hall–Kier alpha value is -4.75. The van der Waals surface area contributed by atoms with Gasteiger partial charge >= 0.3 is 0 Å². The fourth-order valence-corrected chi connectivity index (χ4v) is 7.62. The van der Waals surface area contributed by atoms with Crippen molar-refractivity contribution in [3.05, 3.63) is 87.4 Å². The van der Waals surface area contributed by atoms with Crippen LogP contribution < -0.4 is 20.3 Å². The molecule has 4 aromatic heterocycles. The van der Waals surface area contributed by atoms with Gasteiger partial charge < -0.3 is 10.5 Å². The number of pyridine rings is 1. The van der Waals surface area contributed by atoms with Crippen molar-refractivity contribution in [1.29, 1.82) is 0 Å². The Kier molecular flexibility index (Phi) is 7.13. The SMILES string of the molecule is COc1ccc(-c2nn([C@H](c3cc4scc(C)n4c(=O)c3-c3cccc(C)c3)C3CC3)c3ncnc(N)c23)cc1N(C)S(C)(=O)=O. The zero-order chi connectivity index (χ0) is 32.5. The van der Waals surface area contributed by atoms with E-state index in [1.165, 1.54) is 36.1 Å². The summed E-state index contributed by atoms with van der Waals surface area (Å²) in [4.78, 5) is 24.2. The topological polar surface area (TPSA) is 138 Å². The minimum Gasteiger partial charge on any atom is -0.495 e. The Morgan fingerprint density at radius 2 is 1.87 bits per heavy atom. The number of thiazole rings is 1. The van der Waals surface area contributed by atoms with Gasteiger partial charge in [0.1, 0.15) is 28.4 Å². The summed E-state index contributed by atoms with van der Waals surface area (Å²) in [6.45, 7) is 3.96. The maximum atomic E-state index is 14.3. The Bertz CT molecular complexity index is 2340. The molecule has 0 bridgehead atoms. The highest BCUT2D eigenvalue weighted by molar-refractivity contribution is 7.92. The quantitative estimate of drug-likeness (QED) is 0.229. The number of anilines is 2. The number of benzene rings is 2. The van der Waals surface area contributed by atoms with Crippen LogP contribution in [-0.2, 0) is 10.0 Å². The monoisotopic (exact) mass is 655 g/mol. The van der Waals surface area contributed by atoms with E-state index in [0.29, 0.717) is 39.3 Å². The average molecular weight is 656 g/mol. The molecule has 0 radical (unpaired) electrons. The summed E-state index contributed by atoms with van der Waals surface area (Å²) >= 11 is 1.53. The fourth-order valence-electron chi connectivity index (χ4n) is 6.20. The summed E-state index contributed by atoms with van der Waals surface area (Å²) < 4.78 is 35.4. The molecule has 1 fully saturated rings. The van der Waals surface area contributed by atoms with Crippen molar-refractivity contribution < 1.29 is 13.2 Å². The number of ether oxygens (including phenoxy) is 1. The van der Waals surface area contributed by atoms with Crippen molar-refractivity contribution in [2.75, 3.05) is 30.5 Å². The third-order valence-corrected chi connectivity index (χ3v) is 10.9. The summed E-state index contributed by atoms with van der Waals surface area (Å²) in [5.41, 5.74) is 12.7. The Morgan fingerprint density at radius 1 is 1.09 bits per heavy atom. The van der Waals surface area contributed by atoms with Crippen LogP contribution >= 0.6 is 11.3 Å². The number of aromatic nitrogens is 5. The molecule has 0 unspecified atom stereocenters. The second-order valence-electron chi connectivity index (χ2n) is 11.9. The van der Waals surface area contributed by atoms with Gasteiger partial charge in [0.05, 0.1) is 36.0 Å². The Labute approximate surface area is 270 Å². The molecular weight excluding hydrogens is 623 g/mol. The smallest absolute Gasteiger partial charge is 0.264 e. The highest BCUT2D eigenvalue weighted by Gasteiger charge is 2.39. The molecule has 4 heterocycles. The number of nitrogens with zero attached hydrogens (tertiary/aromatic N) is 6. The molecule has 0 spiro atoms. The third-order valence-electron chi connectivity index (χ3n) is 8.67. The zero-order valence-corrected chi connectivity index (χ0v) is 27.7. The van der Waals surface area contributed by atoms with Crippen molar-refractivity contribution in [3.63, 3.8) is 0 Å². The van der Waals surface area contributed by atoms with Gasteiger partial charge in [-0.05, 0) is 68.0 Å². The molecule has 0 saturated heterocycles. The summed E-state index contributed by atoms with van der Waals surface area (Å²) in [5, 5.41) is 7.71. The standard InChI is InChI=1S/C33H33N7O4S2/c1-18-7-6-8-21(13-18)27-23(15-26-39(33(27)41)19(2)16-45-26)30(20-9-10-20)40-32-28(31(34)35-17-36-32)29(37-40)22-11-12-25(44-4)24(14-22)38(3)46(5,42)43/h6-8,11-17,20,30H,9-10H2,1-5H3,(H2,34,35,36)/t30-/m0/s1. The summed E-state index contributed by atoms with van der Waals surface area (Å²) in [5.74, 6) is 0.850. The van der Waals surface area contributed by atoms with Gasteiger partial charge in [-0.3, -0.25) is 13.5 Å². The second kappa shape index (κ2) is 11.0. The summed E-state index contributed by atoms with van der Waals surface area (Å²) in [6, 6.07) is 15.0. The molecule has 11 nitrogen and oxygen atoms in total. The predicted molar refractivity (Wildman–Crippen MR) is 182 cm³/mol. The van der Waals surface area contributed by atoms with E-state index in [9.17, 15) is 13.2 Å². The molecule has 236 valence electrons. The largest absolute Gasteiger partial charge is 0.495 e. The third kappa shape index (κ3) is 4.90. The molecule has 6 aromatic rings. The van der Waals surface area contributed by atoms with E-state index >= 15 is 0 Å². The van der Waals surface area contributed by atoms with Gasteiger partial charge in [0.2, 0.25) is 10.0 Å². The lowest BCUT2D eigenvalue weighted by atomic mass is 9.93. The maximum Gasteiger partial charge on any atom is 0.264 e. The molecule has 0 amide bonds. The Balaban J connectivity index is 1.51. The molecular formula is C33H33N7O4S2. The van der Waals surface area contributed by atoms with Crippen LogP contribution in [0.25, 0.3) is 38.2 Å². The lowest BCUT2D eigenvalue weighted by Gasteiger charge is -2.22. The van der Waals surface area contributed by atoms with Gasteiger partial charge in [-0.25, -0.2) is 23.1 Å². The zero-order valence-electron chi connectivity index (χ0n) is 26.1. The van der Waals surface area contributed by atoms with Crippen molar-refractivity contribution in [2.45, 2.75) is 32.7 Å². The number of rotatable bonds is 8. The first-order valence-electron chi connectivity index (χ1n) is 14.8. The minimum absolute atomic E-state index is 0.0723. The second-order valence-corrected chi connectivity index (χ2v) is 14.8. The van der Waals surface area contributed by atoms with E-state index in [1.807, 2.05) is 54.2 Å². The van der Waals surface area contributed by atoms with Gasteiger partial charge in [-0.2, -0.15) is 5.10 Å². The van der Waals surface area contributed by atoms with Gasteiger partial charge in [0.15, 0.2) is 5.65 Å². The first-order valence-corrected chi connectivity index (χ1v) is 17.5. The van der Waals surface area contributed by atoms with Crippen molar-refractivity contribution >= 4 is 48.7 Å². The van der Waals surface area contributed by atoms with Crippen LogP contribution in [0.15, 0.2) is 65.0 Å². The van der Waals surface area contributed by atoms with Crippen LogP contribution in [0.2, 0.25) is 0 Å². The van der Waals surface area contributed by atoms with Crippen LogP contribution in [0.5, 0.6) is 5.75 Å². The molecule has 2 aromatic carbocycles. The van der Waals surface area contributed by atoms with Crippen LogP contribution in [0.1, 0.15) is 35.7 Å². The van der Waals surface area contributed by atoms with Crippen LogP contribution in [0.4, 0.5) is 11.5 Å². The number of methoxy groups -OCH3 is 1. The normalized spacial score (nSPS) is 14.2. The molecule has 0 aliphatic heterocycles. The molecule has 1 aliphatic rings. The van der Waals surface area contributed by atoms with E-state index in [4.69, 9.17) is 15.6 Å². The Morgan fingerprint density at radius 3 is 2.57 bits per heavy atom.